The van der Waals surface area contributed by atoms with Crippen LogP contribution in [0.25, 0.3) is 0 Å². The number of rotatable bonds is 3. The molecule has 0 heterocycles. The zero-order chi connectivity index (χ0) is 15.6. The van der Waals surface area contributed by atoms with E-state index in [1.165, 1.54) is 7.11 Å². The van der Waals surface area contributed by atoms with E-state index in [2.05, 4.69) is 0 Å². The first kappa shape index (κ1) is 16.9. The minimum absolute atomic E-state index is 0.381. The van der Waals surface area contributed by atoms with Gasteiger partial charge in [0.15, 0.2) is 0 Å². The predicted molar refractivity (Wildman–Crippen MR) is 72.7 cm³/mol. The topological polar surface area (TPSA) is 98.9 Å². The van der Waals surface area contributed by atoms with Gasteiger partial charge in [-0.15, -0.1) is 0 Å². The van der Waals surface area contributed by atoms with Gasteiger partial charge in [-0.1, -0.05) is 0 Å². The average Bonchev–Trinajstić information content (AvgIpc) is 2.35. The Morgan fingerprint density at radius 2 is 1.60 bits per heavy atom. The van der Waals surface area contributed by atoms with Crippen LogP contribution in [0.4, 0.5) is 0 Å². The molecule has 0 amide bonds. The second-order valence-corrected chi connectivity index (χ2v) is 6.37. The lowest BCUT2D eigenvalue weighted by Crippen LogP contribution is -2.63. The molecule has 1 saturated carbocycles. The Kier molecular flexibility index (Phi) is 5.15. The second-order valence-electron chi connectivity index (χ2n) is 6.37. The fraction of sp³-hybridized carbons (Fsp3) is 0.857. The van der Waals surface area contributed by atoms with Crippen LogP contribution in [0.15, 0.2) is 0 Å². The molecule has 1 fully saturated rings. The van der Waals surface area contributed by atoms with Crippen molar-refractivity contribution in [2.75, 3.05) is 7.11 Å². The third-order valence-electron chi connectivity index (χ3n) is 3.60. The Morgan fingerprint density at radius 3 is 2.00 bits per heavy atom. The van der Waals surface area contributed by atoms with Gasteiger partial charge < -0.3 is 20.3 Å². The van der Waals surface area contributed by atoms with Crippen molar-refractivity contribution in [3.8, 4) is 0 Å². The van der Waals surface area contributed by atoms with Gasteiger partial charge in [-0.25, -0.2) is 9.59 Å². The number of methoxy groups -OCH3 is 1. The first-order valence-corrected chi connectivity index (χ1v) is 6.90. The van der Waals surface area contributed by atoms with Crippen LogP contribution in [0.2, 0.25) is 0 Å². The van der Waals surface area contributed by atoms with Crippen molar-refractivity contribution in [3.63, 3.8) is 0 Å². The molecule has 6 heteroatoms. The van der Waals surface area contributed by atoms with Gasteiger partial charge in [0.05, 0.1) is 13.2 Å². The summed E-state index contributed by atoms with van der Waals surface area (Å²) >= 11 is 0. The molecule has 116 valence electrons. The van der Waals surface area contributed by atoms with Gasteiger partial charge in [-0.05, 0) is 52.4 Å². The van der Waals surface area contributed by atoms with Gasteiger partial charge in [0.25, 0.3) is 0 Å². The number of carbonyl (C=O) groups excluding carboxylic acids is 2. The number of esters is 2. The first-order valence-electron chi connectivity index (χ1n) is 6.90. The molecule has 0 aromatic rings. The van der Waals surface area contributed by atoms with Crippen molar-refractivity contribution in [2.45, 2.75) is 63.7 Å². The number of aliphatic hydroxyl groups is 1. The highest BCUT2D eigenvalue weighted by atomic mass is 16.6. The molecule has 0 aromatic heterocycles. The van der Waals surface area contributed by atoms with Crippen LogP contribution in [0.1, 0.15) is 46.5 Å². The average molecular weight is 287 g/mol. The standard InChI is InChI=1S/C14H25NO5/c1-13(2,3)20-12(18)14(15,11(17)19-4)9-5-7-10(16)8-6-9/h9-10,16H,5-8,15H2,1-4H3. The number of nitrogens with two attached hydrogens (primary N) is 1. The number of carbonyl (C=O) groups is 2. The molecule has 3 N–H and O–H groups in total. The van der Waals surface area contributed by atoms with E-state index in [-0.39, 0.29) is 5.92 Å². The first-order chi connectivity index (χ1) is 9.11. The molecule has 1 rings (SSSR count). The van der Waals surface area contributed by atoms with Crippen LogP contribution < -0.4 is 5.73 Å². The van der Waals surface area contributed by atoms with E-state index in [0.717, 1.165) is 0 Å². The normalized spacial score (nSPS) is 26.5. The third kappa shape index (κ3) is 3.70. The van der Waals surface area contributed by atoms with Crippen molar-refractivity contribution < 1.29 is 24.2 Å². The molecule has 0 radical (unpaired) electrons. The summed E-state index contributed by atoms with van der Waals surface area (Å²) in [5, 5.41) is 9.54. The fourth-order valence-electron chi connectivity index (χ4n) is 2.48. The summed E-state index contributed by atoms with van der Waals surface area (Å²) < 4.78 is 9.98. The second kappa shape index (κ2) is 6.10. The Labute approximate surface area is 119 Å². The fourth-order valence-corrected chi connectivity index (χ4v) is 2.48. The van der Waals surface area contributed by atoms with Gasteiger partial charge in [-0.3, -0.25) is 0 Å². The minimum Gasteiger partial charge on any atom is -0.467 e. The van der Waals surface area contributed by atoms with Crippen LogP contribution in [-0.2, 0) is 19.1 Å². The quantitative estimate of drug-likeness (QED) is 0.587. The maximum Gasteiger partial charge on any atom is 0.338 e. The van der Waals surface area contributed by atoms with Crippen LogP contribution in [0.5, 0.6) is 0 Å². The summed E-state index contributed by atoms with van der Waals surface area (Å²) in [6.07, 6.45) is 1.62. The Morgan fingerprint density at radius 1 is 1.10 bits per heavy atom. The largest absolute Gasteiger partial charge is 0.467 e. The van der Waals surface area contributed by atoms with E-state index in [4.69, 9.17) is 15.2 Å². The summed E-state index contributed by atoms with van der Waals surface area (Å²) in [5.74, 6) is -1.93. The van der Waals surface area contributed by atoms with Gasteiger partial charge in [0, 0.05) is 0 Å². The zero-order valence-electron chi connectivity index (χ0n) is 12.6. The van der Waals surface area contributed by atoms with Gasteiger partial charge in [-0.2, -0.15) is 0 Å². The Hall–Kier alpha value is -1.14. The molecule has 6 nitrogen and oxygen atoms in total. The number of hydrogen-bond donors (Lipinski definition) is 2. The van der Waals surface area contributed by atoms with Crippen LogP contribution in [-0.4, -0.2) is 41.4 Å². The molecular weight excluding hydrogens is 262 g/mol. The third-order valence-corrected chi connectivity index (χ3v) is 3.60. The van der Waals surface area contributed by atoms with Crippen molar-refractivity contribution in [3.05, 3.63) is 0 Å². The van der Waals surface area contributed by atoms with Gasteiger partial charge in [0.1, 0.15) is 5.60 Å². The molecule has 1 aliphatic carbocycles. The van der Waals surface area contributed by atoms with E-state index in [1.54, 1.807) is 20.8 Å². The lowest BCUT2D eigenvalue weighted by atomic mass is 9.74. The summed E-state index contributed by atoms with van der Waals surface area (Å²) in [6, 6.07) is 0. The van der Waals surface area contributed by atoms with Crippen LogP contribution in [0, 0.1) is 5.92 Å². The number of aliphatic hydroxyl groups excluding tert-OH is 1. The lowest BCUT2D eigenvalue weighted by molar-refractivity contribution is -0.174. The molecule has 0 aromatic carbocycles. The van der Waals surface area contributed by atoms with E-state index < -0.39 is 29.2 Å². The maximum absolute atomic E-state index is 12.4. The molecule has 0 saturated heterocycles. The van der Waals surface area contributed by atoms with E-state index in [1.807, 2.05) is 0 Å². The summed E-state index contributed by atoms with van der Waals surface area (Å²) in [4.78, 5) is 24.4. The zero-order valence-corrected chi connectivity index (χ0v) is 12.6. The van der Waals surface area contributed by atoms with E-state index in [9.17, 15) is 14.7 Å². The van der Waals surface area contributed by atoms with Crippen LogP contribution >= 0.6 is 0 Å². The molecule has 20 heavy (non-hydrogen) atoms. The van der Waals surface area contributed by atoms with E-state index >= 15 is 0 Å². The molecule has 0 spiro atoms. The lowest BCUT2D eigenvalue weighted by Gasteiger charge is -2.37. The maximum atomic E-state index is 12.4. The highest BCUT2D eigenvalue weighted by molar-refractivity contribution is 6.05. The Bertz CT molecular complexity index is 368. The van der Waals surface area contributed by atoms with Crippen molar-refractivity contribution in [1.82, 2.24) is 0 Å². The van der Waals surface area contributed by atoms with Crippen molar-refractivity contribution in [1.29, 1.82) is 0 Å². The number of hydrogen-bond acceptors (Lipinski definition) is 6. The van der Waals surface area contributed by atoms with Crippen molar-refractivity contribution in [2.24, 2.45) is 11.7 Å². The van der Waals surface area contributed by atoms with Gasteiger partial charge >= 0.3 is 11.9 Å². The highest BCUT2D eigenvalue weighted by Gasteiger charge is 2.53. The summed E-state index contributed by atoms with van der Waals surface area (Å²) in [6.45, 7) is 5.15. The van der Waals surface area contributed by atoms with E-state index in [0.29, 0.717) is 25.7 Å². The smallest absolute Gasteiger partial charge is 0.338 e. The number of ether oxygens (including phenoxy) is 2. The molecule has 0 bridgehead atoms. The van der Waals surface area contributed by atoms with Crippen molar-refractivity contribution >= 4 is 11.9 Å². The van der Waals surface area contributed by atoms with Crippen LogP contribution in [0.3, 0.4) is 0 Å². The SMILES string of the molecule is COC(=O)C(N)(C(=O)OC(C)(C)C)C1CCC(O)CC1. The molecule has 1 atom stereocenters. The predicted octanol–water partition coefficient (Wildman–Crippen LogP) is 0.750. The monoisotopic (exact) mass is 287 g/mol. The highest BCUT2D eigenvalue weighted by Crippen LogP contribution is 2.34. The van der Waals surface area contributed by atoms with Gasteiger partial charge in [0.2, 0.25) is 5.54 Å². The summed E-state index contributed by atoms with van der Waals surface area (Å²) in [5.41, 5.74) is 3.56. The Balaban J connectivity index is 2.97. The minimum atomic E-state index is -1.80. The summed E-state index contributed by atoms with van der Waals surface area (Å²) in [7, 11) is 1.20. The molecular formula is C14H25NO5. The molecule has 0 aliphatic heterocycles. The molecule has 1 aliphatic rings. The molecule has 1 unspecified atom stereocenters.